The number of pyridine rings is 1. The van der Waals surface area contributed by atoms with Crippen molar-refractivity contribution in [3.05, 3.63) is 63.6 Å². The van der Waals surface area contributed by atoms with Gasteiger partial charge in [-0.15, -0.1) is 0 Å². The van der Waals surface area contributed by atoms with Gasteiger partial charge >= 0.3 is 0 Å². The van der Waals surface area contributed by atoms with Crippen LogP contribution < -0.4 is 11.3 Å². The largest absolute Gasteiger partial charge is 0.399 e. The molecule has 2 aromatic heterocycles. The van der Waals surface area contributed by atoms with Gasteiger partial charge < -0.3 is 10.3 Å². The Bertz CT molecular complexity index is 1130. The lowest BCUT2D eigenvalue weighted by molar-refractivity contribution is 0.406. The highest BCUT2D eigenvalue weighted by atomic mass is 35.5. The minimum absolute atomic E-state index is 0.209. The molecule has 0 radical (unpaired) electrons. The first-order valence-corrected chi connectivity index (χ1v) is 7.41. The van der Waals surface area contributed by atoms with Crippen LogP contribution in [0.15, 0.2) is 51.8 Å². The van der Waals surface area contributed by atoms with Crippen molar-refractivity contribution in [1.29, 1.82) is 0 Å². The van der Waals surface area contributed by atoms with Crippen molar-refractivity contribution in [2.75, 3.05) is 5.73 Å². The van der Waals surface area contributed by atoms with Crippen molar-refractivity contribution in [3.63, 3.8) is 0 Å². The quantitative estimate of drug-likeness (QED) is 0.542. The van der Waals surface area contributed by atoms with Crippen LogP contribution in [0.25, 0.3) is 27.5 Å². The first kappa shape index (κ1) is 13.8. The van der Waals surface area contributed by atoms with Crippen LogP contribution in [0.3, 0.4) is 0 Å². The lowest BCUT2D eigenvalue weighted by atomic mass is 10.1. The van der Waals surface area contributed by atoms with E-state index in [9.17, 15) is 4.79 Å². The number of hydrogen-bond acceptors (Lipinski definition) is 4. The minimum Gasteiger partial charge on any atom is -0.399 e. The van der Waals surface area contributed by atoms with Crippen LogP contribution in [-0.2, 0) is 0 Å². The molecule has 0 saturated carbocycles. The average molecular weight is 326 g/mol. The summed E-state index contributed by atoms with van der Waals surface area (Å²) in [6.45, 7) is 1.71. The van der Waals surface area contributed by atoms with Crippen molar-refractivity contribution in [2.24, 2.45) is 0 Å². The summed E-state index contributed by atoms with van der Waals surface area (Å²) in [4.78, 5) is 13.0. The molecule has 0 aliphatic heterocycles. The zero-order valence-electron chi connectivity index (χ0n) is 12.2. The Morgan fingerprint density at radius 2 is 1.96 bits per heavy atom. The average Bonchev–Trinajstić information content (AvgIpc) is 2.90. The summed E-state index contributed by atoms with van der Waals surface area (Å²) in [5, 5.41) is 5.64. The van der Waals surface area contributed by atoms with Gasteiger partial charge in [0.15, 0.2) is 0 Å². The molecule has 0 amide bonds. The van der Waals surface area contributed by atoms with Gasteiger partial charge in [-0.1, -0.05) is 28.9 Å². The Kier molecular flexibility index (Phi) is 2.92. The molecule has 0 unspecified atom stereocenters. The van der Waals surface area contributed by atoms with E-state index in [1.165, 1.54) is 0 Å². The molecule has 0 aliphatic carbocycles. The first-order valence-electron chi connectivity index (χ1n) is 7.03. The minimum atomic E-state index is -0.209. The molecule has 0 fully saturated rings. The standard InChI is InChI=1S/C17H12ClN3O2/c1-9-14-16(20-23-9)15-12(18)6-3-7-13(15)21(17(14)22)11-5-2-4-10(19)8-11/h2-8H,19H2,1H3. The van der Waals surface area contributed by atoms with E-state index >= 15 is 0 Å². The third kappa shape index (κ3) is 1.94. The first-order chi connectivity index (χ1) is 11.1. The lowest BCUT2D eigenvalue weighted by Gasteiger charge is -2.12. The van der Waals surface area contributed by atoms with Gasteiger partial charge in [0, 0.05) is 11.1 Å². The van der Waals surface area contributed by atoms with E-state index in [4.69, 9.17) is 21.9 Å². The maximum absolute atomic E-state index is 13.0. The molecule has 0 saturated heterocycles. The van der Waals surface area contributed by atoms with E-state index in [1.807, 2.05) is 12.1 Å². The van der Waals surface area contributed by atoms with E-state index in [0.717, 1.165) is 0 Å². The van der Waals surface area contributed by atoms with Gasteiger partial charge in [0.05, 0.1) is 16.2 Å². The number of nitrogens with two attached hydrogens (primary N) is 1. The van der Waals surface area contributed by atoms with Crippen molar-refractivity contribution in [2.45, 2.75) is 6.92 Å². The van der Waals surface area contributed by atoms with Crippen LogP contribution in [0.1, 0.15) is 5.76 Å². The number of anilines is 1. The van der Waals surface area contributed by atoms with E-state index in [0.29, 0.717) is 44.0 Å². The fraction of sp³-hybridized carbons (Fsp3) is 0.0588. The Labute approximate surface area is 135 Å². The molecule has 2 heterocycles. The topological polar surface area (TPSA) is 74.0 Å². The number of benzene rings is 2. The number of aromatic nitrogens is 2. The summed E-state index contributed by atoms with van der Waals surface area (Å²) in [5.41, 5.74) is 8.05. The lowest BCUT2D eigenvalue weighted by Crippen LogP contribution is -2.19. The Morgan fingerprint density at radius 1 is 1.17 bits per heavy atom. The van der Waals surface area contributed by atoms with Gasteiger partial charge in [-0.05, 0) is 37.3 Å². The zero-order valence-corrected chi connectivity index (χ0v) is 13.0. The molecule has 0 atom stereocenters. The molecule has 5 nitrogen and oxygen atoms in total. The number of hydrogen-bond donors (Lipinski definition) is 1. The summed E-state index contributed by atoms with van der Waals surface area (Å²) in [5.74, 6) is 0.462. The van der Waals surface area contributed by atoms with Crippen molar-refractivity contribution in [3.8, 4) is 5.69 Å². The second-order valence-corrected chi connectivity index (χ2v) is 5.74. The molecule has 114 valence electrons. The van der Waals surface area contributed by atoms with E-state index in [2.05, 4.69) is 5.16 Å². The van der Waals surface area contributed by atoms with Gasteiger partial charge in [0.25, 0.3) is 5.56 Å². The summed E-state index contributed by atoms with van der Waals surface area (Å²) in [7, 11) is 0. The van der Waals surface area contributed by atoms with Gasteiger partial charge in [-0.2, -0.15) is 0 Å². The Hall–Kier alpha value is -2.79. The number of fused-ring (bicyclic) bond motifs is 3. The molecule has 6 heteroatoms. The van der Waals surface area contributed by atoms with Crippen LogP contribution >= 0.6 is 11.6 Å². The molecule has 2 aromatic carbocycles. The predicted octanol–water partition coefficient (Wildman–Crippen LogP) is 3.68. The third-order valence-corrected chi connectivity index (χ3v) is 4.19. The van der Waals surface area contributed by atoms with Crippen LogP contribution in [0.2, 0.25) is 5.02 Å². The van der Waals surface area contributed by atoms with Gasteiger partial charge in [-0.25, -0.2) is 0 Å². The molecule has 23 heavy (non-hydrogen) atoms. The molecular weight excluding hydrogens is 314 g/mol. The Morgan fingerprint density at radius 3 is 2.74 bits per heavy atom. The van der Waals surface area contributed by atoms with Crippen molar-refractivity contribution in [1.82, 2.24) is 9.72 Å². The zero-order chi connectivity index (χ0) is 16.1. The van der Waals surface area contributed by atoms with E-state index in [1.54, 1.807) is 41.8 Å². The summed E-state index contributed by atoms with van der Waals surface area (Å²) < 4.78 is 6.81. The van der Waals surface area contributed by atoms with Crippen LogP contribution in [0.4, 0.5) is 5.69 Å². The summed E-state index contributed by atoms with van der Waals surface area (Å²) in [6.07, 6.45) is 0. The molecule has 2 N–H and O–H groups in total. The molecule has 0 spiro atoms. The SMILES string of the molecule is Cc1onc2c1c(=O)n(-c1cccc(N)c1)c1cccc(Cl)c21. The predicted molar refractivity (Wildman–Crippen MR) is 91.3 cm³/mol. The van der Waals surface area contributed by atoms with Crippen molar-refractivity contribution >= 4 is 39.1 Å². The normalized spacial score (nSPS) is 11.4. The molecule has 4 rings (SSSR count). The van der Waals surface area contributed by atoms with Gasteiger partial charge in [-0.3, -0.25) is 9.36 Å². The van der Waals surface area contributed by atoms with Gasteiger partial charge in [0.2, 0.25) is 0 Å². The Balaban J connectivity index is 2.31. The molecular formula is C17H12ClN3O2. The summed E-state index contributed by atoms with van der Waals surface area (Å²) in [6, 6.07) is 12.5. The van der Waals surface area contributed by atoms with E-state index in [-0.39, 0.29) is 5.56 Å². The summed E-state index contributed by atoms with van der Waals surface area (Å²) >= 11 is 6.37. The molecule has 0 aliphatic rings. The van der Waals surface area contributed by atoms with Crippen LogP contribution in [0, 0.1) is 6.92 Å². The number of halogens is 1. The highest BCUT2D eigenvalue weighted by Crippen LogP contribution is 2.31. The maximum Gasteiger partial charge on any atom is 0.268 e. The van der Waals surface area contributed by atoms with E-state index < -0.39 is 0 Å². The maximum atomic E-state index is 13.0. The monoisotopic (exact) mass is 325 g/mol. The number of aryl methyl sites for hydroxylation is 1. The fourth-order valence-corrected chi connectivity index (χ4v) is 3.13. The molecule has 4 aromatic rings. The van der Waals surface area contributed by atoms with Crippen LogP contribution in [0.5, 0.6) is 0 Å². The van der Waals surface area contributed by atoms with Crippen molar-refractivity contribution < 1.29 is 4.52 Å². The third-order valence-electron chi connectivity index (χ3n) is 3.88. The fourth-order valence-electron chi connectivity index (χ4n) is 2.87. The van der Waals surface area contributed by atoms with Gasteiger partial charge in [0.1, 0.15) is 16.7 Å². The number of rotatable bonds is 1. The molecule has 0 bridgehead atoms. The highest BCUT2D eigenvalue weighted by Gasteiger charge is 2.19. The smallest absolute Gasteiger partial charge is 0.268 e. The highest BCUT2D eigenvalue weighted by molar-refractivity contribution is 6.37. The number of nitrogens with zero attached hydrogens (tertiary/aromatic N) is 2. The van der Waals surface area contributed by atoms with Crippen LogP contribution in [-0.4, -0.2) is 9.72 Å². The second kappa shape index (κ2) is 4.86. The second-order valence-electron chi connectivity index (χ2n) is 5.33. The number of nitrogen functional groups attached to an aromatic ring is 1.